The summed E-state index contributed by atoms with van der Waals surface area (Å²) < 4.78 is 5.42. The lowest BCUT2D eigenvalue weighted by Gasteiger charge is -2.25. The van der Waals surface area contributed by atoms with E-state index in [1.807, 2.05) is 62.2 Å². The van der Waals surface area contributed by atoms with Crippen molar-refractivity contribution >= 4 is 17.5 Å². The van der Waals surface area contributed by atoms with Crippen LogP contribution in [0.15, 0.2) is 42.5 Å². The van der Waals surface area contributed by atoms with E-state index in [1.165, 1.54) is 5.56 Å². The Labute approximate surface area is 154 Å². The smallest absolute Gasteiger partial charge is 0.237 e. The first-order valence-electron chi connectivity index (χ1n) is 8.27. The van der Waals surface area contributed by atoms with Crippen LogP contribution in [0.5, 0.6) is 5.75 Å². The van der Waals surface area contributed by atoms with Gasteiger partial charge in [0.05, 0.1) is 13.2 Å². The Bertz CT molecular complexity index is 733. The Morgan fingerprint density at radius 2 is 1.96 bits per heavy atom. The molecule has 4 nitrogen and oxygen atoms in total. The van der Waals surface area contributed by atoms with Gasteiger partial charge in [0.15, 0.2) is 0 Å². The number of hydrogen-bond donors (Lipinski definition) is 1. The lowest BCUT2D eigenvalue weighted by molar-refractivity contribution is -0.125. The summed E-state index contributed by atoms with van der Waals surface area (Å²) in [6.45, 7) is 4.99. The second-order valence-electron chi connectivity index (χ2n) is 6.22. The maximum atomic E-state index is 12.5. The van der Waals surface area contributed by atoms with E-state index in [9.17, 15) is 4.79 Å². The number of nitrogens with one attached hydrogen (secondary N) is 1. The van der Waals surface area contributed by atoms with Crippen molar-refractivity contribution in [3.05, 3.63) is 64.2 Å². The van der Waals surface area contributed by atoms with Crippen LogP contribution in [0.1, 0.15) is 23.6 Å². The normalized spacial score (nSPS) is 12.1. The Morgan fingerprint density at radius 1 is 1.24 bits per heavy atom. The van der Waals surface area contributed by atoms with Crippen LogP contribution in [-0.2, 0) is 17.9 Å². The fraction of sp³-hybridized carbons (Fsp3) is 0.350. The molecule has 1 atom stereocenters. The number of likely N-dealkylation sites (N-methyl/N-ethyl adjacent to an activating group) is 1. The number of aryl methyl sites for hydroxylation is 1. The van der Waals surface area contributed by atoms with Crippen LogP contribution < -0.4 is 10.1 Å². The van der Waals surface area contributed by atoms with Crippen molar-refractivity contribution in [3.8, 4) is 5.75 Å². The highest BCUT2D eigenvalue weighted by atomic mass is 35.5. The minimum atomic E-state index is -0.271. The van der Waals surface area contributed by atoms with Crippen molar-refractivity contribution in [1.29, 1.82) is 0 Å². The van der Waals surface area contributed by atoms with Crippen LogP contribution in [0, 0.1) is 6.92 Å². The fourth-order valence-corrected chi connectivity index (χ4v) is 2.81. The van der Waals surface area contributed by atoms with E-state index in [2.05, 4.69) is 11.4 Å². The van der Waals surface area contributed by atoms with Gasteiger partial charge in [-0.25, -0.2) is 0 Å². The van der Waals surface area contributed by atoms with E-state index >= 15 is 0 Å². The lowest BCUT2D eigenvalue weighted by Crippen LogP contribution is -2.42. The number of benzene rings is 2. The summed E-state index contributed by atoms with van der Waals surface area (Å²) >= 11 is 6.13. The molecule has 0 heterocycles. The number of amides is 1. The fourth-order valence-electron chi connectivity index (χ4n) is 2.61. The quantitative estimate of drug-likeness (QED) is 0.816. The molecule has 0 aromatic heterocycles. The van der Waals surface area contributed by atoms with Gasteiger partial charge in [-0.3, -0.25) is 9.69 Å². The first-order valence-corrected chi connectivity index (χ1v) is 8.65. The van der Waals surface area contributed by atoms with E-state index in [4.69, 9.17) is 16.3 Å². The van der Waals surface area contributed by atoms with Gasteiger partial charge >= 0.3 is 0 Å². The van der Waals surface area contributed by atoms with Gasteiger partial charge in [-0.2, -0.15) is 0 Å². The summed E-state index contributed by atoms with van der Waals surface area (Å²) in [6.07, 6.45) is 0. The van der Waals surface area contributed by atoms with Crippen molar-refractivity contribution in [3.63, 3.8) is 0 Å². The van der Waals surface area contributed by atoms with Gasteiger partial charge in [-0.1, -0.05) is 47.5 Å². The third-order valence-corrected chi connectivity index (χ3v) is 4.68. The van der Waals surface area contributed by atoms with E-state index < -0.39 is 0 Å². The molecule has 0 saturated carbocycles. The molecule has 0 aliphatic rings. The van der Waals surface area contributed by atoms with E-state index in [0.29, 0.717) is 18.1 Å². The summed E-state index contributed by atoms with van der Waals surface area (Å²) in [7, 11) is 3.59. The molecule has 2 aromatic carbocycles. The molecule has 5 heteroatoms. The van der Waals surface area contributed by atoms with Gasteiger partial charge in [0.2, 0.25) is 5.91 Å². The summed E-state index contributed by atoms with van der Waals surface area (Å²) in [6, 6.07) is 13.3. The molecule has 0 fully saturated rings. The van der Waals surface area contributed by atoms with Crippen molar-refractivity contribution < 1.29 is 9.53 Å². The standard InChI is InChI=1S/C20H25ClN2O2/c1-14-9-10-19(25-4)17(11-14)13-23(3)15(2)20(24)22-12-16-7-5-6-8-18(16)21/h5-11,15H,12-13H2,1-4H3,(H,22,24). The Hall–Kier alpha value is -2.04. The number of carbonyl (C=O) groups excluding carboxylic acids is 1. The third kappa shape index (κ3) is 5.21. The zero-order valence-electron chi connectivity index (χ0n) is 15.2. The van der Waals surface area contributed by atoms with Gasteiger partial charge in [0, 0.05) is 23.7 Å². The highest BCUT2D eigenvalue weighted by Crippen LogP contribution is 2.21. The molecular weight excluding hydrogens is 336 g/mol. The molecule has 0 bridgehead atoms. The van der Waals surface area contributed by atoms with Crippen molar-refractivity contribution in [1.82, 2.24) is 10.2 Å². The average molecular weight is 361 g/mol. The number of ether oxygens (including phenoxy) is 1. The summed E-state index contributed by atoms with van der Waals surface area (Å²) in [5.41, 5.74) is 3.14. The van der Waals surface area contributed by atoms with Crippen molar-refractivity contribution in [2.45, 2.75) is 33.0 Å². The molecule has 134 valence electrons. The van der Waals surface area contributed by atoms with Crippen LogP contribution in [0.25, 0.3) is 0 Å². The molecule has 0 aliphatic carbocycles. The Balaban J connectivity index is 1.97. The topological polar surface area (TPSA) is 41.6 Å². The van der Waals surface area contributed by atoms with Crippen molar-refractivity contribution in [2.75, 3.05) is 14.2 Å². The van der Waals surface area contributed by atoms with Crippen LogP contribution >= 0.6 is 11.6 Å². The molecule has 2 aromatic rings. The Morgan fingerprint density at radius 3 is 2.64 bits per heavy atom. The molecule has 1 N–H and O–H groups in total. The molecule has 0 radical (unpaired) electrons. The third-order valence-electron chi connectivity index (χ3n) is 4.31. The molecule has 0 saturated heterocycles. The van der Waals surface area contributed by atoms with Gasteiger partial charge in [-0.05, 0) is 38.6 Å². The number of nitrogens with zero attached hydrogens (tertiary/aromatic N) is 1. The number of carbonyl (C=O) groups is 1. The number of methoxy groups -OCH3 is 1. The largest absolute Gasteiger partial charge is 0.496 e. The van der Waals surface area contributed by atoms with Gasteiger partial charge in [-0.15, -0.1) is 0 Å². The molecule has 2 rings (SSSR count). The maximum absolute atomic E-state index is 12.5. The first kappa shape index (κ1) is 19.3. The van der Waals surface area contributed by atoms with Crippen LogP contribution in [0.3, 0.4) is 0 Å². The van der Waals surface area contributed by atoms with Crippen molar-refractivity contribution in [2.24, 2.45) is 0 Å². The SMILES string of the molecule is COc1ccc(C)cc1CN(C)C(C)C(=O)NCc1ccccc1Cl. The zero-order chi connectivity index (χ0) is 18.4. The molecular formula is C20H25ClN2O2. The average Bonchev–Trinajstić information content (AvgIpc) is 2.60. The minimum absolute atomic E-state index is 0.0333. The number of halogens is 1. The predicted molar refractivity (Wildman–Crippen MR) is 102 cm³/mol. The van der Waals surface area contributed by atoms with E-state index in [0.717, 1.165) is 16.9 Å². The maximum Gasteiger partial charge on any atom is 0.237 e. The molecule has 1 unspecified atom stereocenters. The second-order valence-corrected chi connectivity index (χ2v) is 6.62. The van der Waals surface area contributed by atoms with Gasteiger partial charge in [0.1, 0.15) is 5.75 Å². The van der Waals surface area contributed by atoms with Gasteiger partial charge in [0.25, 0.3) is 0 Å². The van der Waals surface area contributed by atoms with Crippen LogP contribution in [-0.4, -0.2) is 31.0 Å². The summed E-state index contributed by atoms with van der Waals surface area (Å²) in [5.74, 6) is 0.801. The van der Waals surface area contributed by atoms with Crippen LogP contribution in [0.4, 0.5) is 0 Å². The minimum Gasteiger partial charge on any atom is -0.496 e. The monoisotopic (exact) mass is 360 g/mol. The van der Waals surface area contributed by atoms with E-state index in [1.54, 1.807) is 7.11 Å². The summed E-state index contributed by atoms with van der Waals surface area (Å²) in [4.78, 5) is 14.5. The first-order chi connectivity index (χ1) is 11.9. The Kier molecular flexibility index (Phi) is 6.85. The number of hydrogen-bond acceptors (Lipinski definition) is 3. The highest BCUT2D eigenvalue weighted by Gasteiger charge is 2.19. The zero-order valence-corrected chi connectivity index (χ0v) is 15.9. The van der Waals surface area contributed by atoms with E-state index in [-0.39, 0.29) is 11.9 Å². The molecule has 0 spiro atoms. The summed E-state index contributed by atoms with van der Waals surface area (Å²) in [5, 5.41) is 3.61. The van der Waals surface area contributed by atoms with Crippen LogP contribution in [0.2, 0.25) is 5.02 Å². The predicted octanol–water partition coefficient (Wildman–Crippen LogP) is 3.79. The lowest BCUT2D eigenvalue weighted by atomic mass is 10.1. The molecule has 25 heavy (non-hydrogen) atoms. The number of rotatable bonds is 7. The highest BCUT2D eigenvalue weighted by molar-refractivity contribution is 6.31. The molecule has 1 amide bonds. The second kappa shape index (κ2) is 8.88. The molecule has 0 aliphatic heterocycles. The van der Waals surface area contributed by atoms with Gasteiger partial charge < -0.3 is 10.1 Å².